The van der Waals surface area contributed by atoms with Crippen molar-refractivity contribution in [1.29, 1.82) is 0 Å². The van der Waals surface area contributed by atoms with E-state index >= 15 is 0 Å². The Morgan fingerprint density at radius 1 is 1.06 bits per heavy atom. The molecule has 3 aromatic rings. The van der Waals surface area contributed by atoms with Crippen LogP contribution in [0, 0.1) is 0 Å². The van der Waals surface area contributed by atoms with Crippen LogP contribution in [-0.4, -0.2) is 33.7 Å². The largest absolute Gasteiger partial charge is 0.481 e. The highest BCUT2D eigenvalue weighted by molar-refractivity contribution is 5.94. The van der Waals surface area contributed by atoms with Crippen LogP contribution in [-0.2, 0) is 10.2 Å². The number of aromatic nitrogens is 2. The molecule has 3 rings (SSSR count). The van der Waals surface area contributed by atoms with Gasteiger partial charge in [0.05, 0.1) is 12.5 Å². The molecule has 0 aliphatic rings. The van der Waals surface area contributed by atoms with Gasteiger partial charge in [-0.3, -0.25) is 9.59 Å². The molecular weight excluding hydrogens is 444 g/mol. The number of nitrogens with zero attached hydrogens (tertiary/aromatic N) is 2. The van der Waals surface area contributed by atoms with Crippen molar-refractivity contribution in [2.24, 2.45) is 0 Å². The first kappa shape index (κ1) is 25.9. The number of rotatable bonds is 11. The van der Waals surface area contributed by atoms with Crippen molar-refractivity contribution in [3.8, 4) is 11.4 Å². The molecule has 8 heteroatoms. The Morgan fingerprint density at radius 3 is 2.31 bits per heavy atom. The smallest absolute Gasteiger partial charge is 0.305 e. The Balaban J connectivity index is 1.69. The molecule has 35 heavy (non-hydrogen) atoms. The predicted octanol–water partition coefficient (Wildman–Crippen LogP) is 5.58. The topological polar surface area (TPSA) is 117 Å². The number of benzene rings is 2. The summed E-state index contributed by atoms with van der Waals surface area (Å²) >= 11 is 0. The lowest BCUT2D eigenvalue weighted by atomic mass is 9.97. The Labute approximate surface area is 206 Å². The molecule has 0 fully saturated rings. The quantitative estimate of drug-likeness (QED) is 0.329. The van der Waals surface area contributed by atoms with Crippen molar-refractivity contribution in [2.45, 2.75) is 64.8 Å². The predicted molar refractivity (Wildman–Crippen MR) is 135 cm³/mol. The molecule has 1 amide bonds. The van der Waals surface area contributed by atoms with Crippen LogP contribution in [0.2, 0.25) is 0 Å². The zero-order valence-corrected chi connectivity index (χ0v) is 20.8. The summed E-state index contributed by atoms with van der Waals surface area (Å²) in [5.41, 5.74) is 3.25. The van der Waals surface area contributed by atoms with Crippen LogP contribution in [0.1, 0.15) is 81.2 Å². The third-order valence-corrected chi connectivity index (χ3v) is 5.60. The standard InChI is InChI=1S/C27H34N4O4/c1-5-6-7-22(29-21-14-12-20(13-15-21)25(34)28-17-16-23(32)33)18-8-10-19(11-9-18)24-30-26(35-31-24)27(2,3)4/h8-15,22,29H,5-7,16-17H2,1-4H3,(H,28,34)(H,32,33). The number of hydrogen-bond acceptors (Lipinski definition) is 6. The summed E-state index contributed by atoms with van der Waals surface area (Å²) in [4.78, 5) is 27.3. The molecule has 0 spiro atoms. The monoisotopic (exact) mass is 478 g/mol. The van der Waals surface area contributed by atoms with Crippen LogP contribution in [0.15, 0.2) is 53.1 Å². The van der Waals surface area contributed by atoms with Gasteiger partial charge in [-0.05, 0) is 36.2 Å². The lowest BCUT2D eigenvalue weighted by molar-refractivity contribution is -0.136. The van der Waals surface area contributed by atoms with E-state index in [1.165, 1.54) is 0 Å². The van der Waals surface area contributed by atoms with Crippen LogP contribution in [0.4, 0.5) is 5.69 Å². The maximum atomic E-state index is 12.2. The number of amides is 1. The molecule has 0 radical (unpaired) electrons. The molecule has 1 atom stereocenters. The van der Waals surface area contributed by atoms with Crippen LogP contribution in [0.3, 0.4) is 0 Å². The van der Waals surface area contributed by atoms with E-state index < -0.39 is 5.97 Å². The zero-order chi connectivity index (χ0) is 25.4. The molecule has 0 bridgehead atoms. The second-order valence-corrected chi connectivity index (χ2v) is 9.61. The number of carbonyl (C=O) groups is 2. The Hall–Kier alpha value is -3.68. The van der Waals surface area contributed by atoms with Gasteiger partial charge in [0.15, 0.2) is 0 Å². The first-order chi connectivity index (χ1) is 16.7. The van der Waals surface area contributed by atoms with Crippen molar-refractivity contribution in [3.63, 3.8) is 0 Å². The Morgan fingerprint density at radius 2 is 1.74 bits per heavy atom. The minimum Gasteiger partial charge on any atom is -0.481 e. The van der Waals surface area contributed by atoms with Gasteiger partial charge in [0.2, 0.25) is 11.7 Å². The van der Waals surface area contributed by atoms with Gasteiger partial charge in [0.25, 0.3) is 5.91 Å². The van der Waals surface area contributed by atoms with Crippen LogP contribution in [0.5, 0.6) is 0 Å². The highest BCUT2D eigenvalue weighted by atomic mass is 16.5. The van der Waals surface area contributed by atoms with Crippen molar-refractivity contribution in [1.82, 2.24) is 15.5 Å². The minimum atomic E-state index is -0.942. The summed E-state index contributed by atoms with van der Waals surface area (Å²) < 4.78 is 5.42. The molecule has 0 aliphatic carbocycles. The van der Waals surface area contributed by atoms with Crippen LogP contribution >= 0.6 is 0 Å². The average Bonchev–Trinajstić information content (AvgIpc) is 3.33. The molecule has 1 aromatic heterocycles. The van der Waals surface area contributed by atoms with Gasteiger partial charge < -0.3 is 20.3 Å². The van der Waals surface area contributed by atoms with Crippen molar-refractivity contribution < 1.29 is 19.2 Å². The fraction of sp³-hybridized carbons (Fsp3) is 0.407. The fourth-order valence-corrected chi connectivity index (χ4v) is 3.54. The third kappa shape index (κ3) is 7.40. The number of unbranched alkanes of at least 4 members (excludes halogenated alkanes) is 1. The molecule has 0 saturated carbocycles. The summed E-state index contributed by atoms with van der Waals surface area (Å²) in [6.45, 7) is 8.38. The molecule has 0 aliphatic heterocycles. The minimum absolute atomic E-state index is 0.102. The maximum absolute atomic E-state index is 12.2. The molecule has 1 unspecified atom stereocenters. The number of nitrogens with one attached hydrogen (secondary N) is 2. The number of aliphatic carboxylic acids is 1. The first-order valence-corrected chi connectivity index (χ1v) is 12.0. The SMILES string of the molecule is CCCCC(Nc1ccc(C(=O)NCCC(=O)O)cc1)c1ccc(-c2noc(C(C)(C)C)n2)cc1. The number of hydrogen-bond donors (Lipinski definition) is 3. The molecule has 3 N–H and O–H groups in total. The Kier molecular flexibility index (Phi) is 8.63. The fourth-order valence-electron chi connectivity index (χ4n) is 3.54. The zero-order valence-electron chi connectivity index (χ0n) is 20.8. The van der Waals surface area contributed by atoms with E-state index in [0.29, 0.717) is 17.3 Å². The van der Waals surface area contributed by atoms with Crippen LogP contribution < -0.4 is 10.6 Å². The highest BCUT2D eigenvalue weighted by Gasteiger charge is 2.22. The van der Waals surface area contributed by atoms with E-state index in [-0.39, 0.29) is 30.3 Å². The van der Waals surface area contributed by atoms with Gasteiger partial charge in [0.1, 0.15) is 0 Å². The normalized spacial score (nSPS) is 12.2. The summed E-state index contributed by atoms with van der Waals surface area (Å²) in [6, 6.07) is 15.5. The molecule has 8 nitrogen and oxygen atoms in total. The average molecular weight is 479 g/mol. The number of carboxylic acids is 1. The van der Waals surface area contributed by atoms with Gasteiger partial charge in [0, 0.05) is 28.8 Å². The molecule has 0 saturated heterocycles. The lowest BCUT2D eigenvalue weighted by Crippen LogP contribution is -2.25. The Bertz CT molecular complexity index is 1120. The lowest BCUT2D eigenvalue weighted by Gasteiger charge is -2.21. The summed E-state index contributed by atoms with van der Waals surface area (Å²) in [5.74, 6) is -0.0372. The highest BCUT2D eigenvalue weighted by Crippen LogP contribution is 2.28. The van der Waals surface area contributed by atoms with Gasteiger partial charge in [-0.15, -0.1) is 0 Å². The molecule has 2 aromatic carbocycles. The van der Waals surface area contributed by atoms with Crippen LogP contribution in [0.25, 0.3) is 11.4 Å². The van der Waals surface area contributed by atoms with E-state index in [1.54, 1.807) is 12.1 Å². The number of anilines is 1. The van der Waals surface area contributed by atoms with Crippen molar-refractivity contribution in [2.75, 3.05) is 11.9 Å². The second kappa shape index (κ2) is 11.6. The number of carboxylic acid groups (broad SMARTS) is 1. The molecule has 186 valence electrons. The first-order valence-electron chi connectivity index (χ1n) is 12.0. The maximum Gasteiger partial charge on any atom is 0.305 e. The van der Waals surface area contributed by atoms with E-state index in [4.69, 9.17) is 9.63 Å². The third-order valence-electron chi connectivity index (χ3n) is 5.60. The van der Waals surface area contributed by atoms with Gasteiger partial charge in [-0.2, -0.15) is 4.98 Å². The van der Waals surface area contributed by atoms with E-state index in [0.717, 1.165) is 36.1 Å². The van der Waals surface area contributed by atoms with E-state index in [1.807, 2.05) is 45.0 Å². The van der Waals surface area contributed by atoms with Crippen molar-refractivity contribution >= 4 is 17.6 Å². The van der Waals surface area contributed by atoms with E-state index in [2.05, 4.69) is 39.8 Å². The summed E-state index contributed by atoms with van der Waals surface area (Å²) in [6.07, 6.45) is 3.02. The summed E-state index contributed by atoms with van der Waals surface area (Å²) in [5, 5.41) is 19.0. The van der Waals surface area contributed by atoms with Gasteiger partial charge >= 0.3 is 5.97 Å². The molecular formula is C27H34N4O4. The van der Waals surface area contributed by atoms with Crippen molar-refractivity contribution in [3.05, 3.63) is 65.5 Å². The van der Waals surface area contributed by atoms with E-state index in [9.17, 15) is 9.59 Å². The van der Waals surface area contributed by atoms with Gasteiger partial charge in [-0.25, -0.2) is 0 Å². The number of carbonyl (C=O) groups excluding carboxylic acids is 1. The molecule has 1 heterocycles. The summed E-state index contributed by atoms with van der Waals surface area (Å²) in [7, 11) is 0. The second-order valence-electron chi connectivity index (χ2n) is 9.61. The van der Waals surface area contributed by atoms with Gasteiger partial charge in [-0.1, -0.05) is 70.0 Å².